The number of nitrogens with zero attached hydrogens (tertiary/aromatic N) is 2. The molecule has 0 fully saturated rings. The number of aromatic nitrogens is 2. The van der Waals surface area contributed by atoms with Gasteiger partial charge in [0.1, 0.15) is 11.6 Å². The summed E-state index contributed by atoms with van der Waals surface area (Å²) >= 11 is 5.73. The van der Waals surface area contributed by atoms with E-state index in [0.717, 1.165) is 5.69 Å². The Kier molecular flexibility index (Phi) is 3.07. The largest absolute Gasteiger partial charge is 0.384 e. The first kappa shape index (κ1) is 11.9. The van der Waals surface area contributed by atoms with Crippen LogP contribution >= 0.6 is 11.6 Å². The van der Waals surface area contributed by atoms with Gasteiger partial charge >= 0.3 is 0 Å². The number of halogens is 2. The minimum atomic E-state index is -0.453. The Hall–Kier alpha value is -1.55. The van der Waals surface area contributed by atoms with Gasteiger partial charge in [-0.3, -0.25) is 0 Å². The summed E-state index contributed by atoms with van der Waals surface area (Å²) in [4.78, 5) is 0. The summed E-state index contributed by atoms with van der Waals surface area (Å²) in [6.45, 7) is 4.06. The second kappa shape index (κ2) is 4.37. The first-order chi connectivity index (χ1) is 7.99. The third-order valence-electron chi connectivity index (χ3n) is 2.50. The Bertz CT molecular complexity index is 549. The highest BCUT2D eigenvalue weighted by Gasteiger charge is 2.10. The maximum absolute atomic E-state index is 13.1. The molecule has 2 N–H and O–H groups in total. The van der Waals surface area contributed by atoms with Crippen LogP contribution in [0.3, 0.4) is 0 Å². The molecule has 0 aliphatic rings. The fourth-order valence-electron chi connectivity index (χ4n) is 1.52. The summed E-state index contributed by atoms with van der Waals surface area (Å²) in [5.74, 6) is 0.344. The highest BCUT2D eigenvalue weighted by atomic mass is 35.5. The standard InChI is InChI=1S/C12H13ClFN3/c1-7(2)11-6-12(15)17(16-11)8-3-4-10(14)9(13)5-8/h3-7H,15H2,1-2H3. The van der Waals surface area contributed by atoms with Gasteiger partial charge in [0, 0.05) is 6.07 Å². The van der Waals surface area contributed by atoms with Crippen molar-refractivity contribution < 1.29 is 4.39 Å². The van der Waals surface area contributed by atoms with Crippen LogP contribution in [0.4, 0.5) is 10.2 Å². The van der Waals surface area contributed by atoms with Gasteiger partial charge in [-0.15, -0.1) is 0 Å². The molecular weight excluding hydrogens is 241 g/mol. The molecule has 0 spiro atoms. The molecule has 2 rings (SSSR count). The molecule has 5 heteroatoms. The Morgan fingerprint density at radius 2 is 2.06 bits per heavy atom. The van der Waals surface area contributed by atoms with Crippen molar-refractivity contribution in [2.45, 2.75) is 19.8 Å². The van der Waals surface area contributed by atoms with Gasteiger partial charge in [0.15, 0.2) is 0 Å². The van der Waals surface area contributed by atoms with Gasteiger partial charge in [0.25, 0.3) is 0 Å². The SMILES string of the molecule is CC(C)c1cc(N)n(-c2ccc(F)c(Cl)c2)n1. The first-order valence-corrected chi connectivity index (χ1v) is 5.67. The second-order valence-electron chi connectivity index (χ2n) is 4.16. The predicted octanol–water partition coefficient (Wildman–Crippen LogP) is 3.37. The zero-order valence-corrected chi connectivity index (χ0v) is 10.4. The molecular formula is C12H13ClFN3. The molecule has 0 atom stereocenters. The summed E-state index contributed by atoms with van der Waals surface area (Å²) < 4.78 is 14.6. The summed E-state index contributed by atoms with van der Waals surface area (Å²) in [6, 6.07) is 6.20. The van der Waals surface area contributed by atoms with Crippen molar-refractivity contribution >= 4 is 17.4 Å². The van der Waals surface area contributed by atoms with E-state index in [9.17, 15) is 4.39 Å². The Balaban J connectivity index is 2.49. The van der Waals surface area contributed by atoms with Crippen molar-refractivity contribution in [3.63, 3.8) is 0 Å². The third-order valence-corrected chi connectivity index (χ3v) is 2.78. The lowest BCUT2D eigenvalue weighted by atomic mass is 10.1. The number of hydrogen-bond acceptors (Lipinski definition) is 2. The number of anilines is 1. The molecule has 1 aromatic carbocycles. The summed E-state index contributed by atoms with van der Waals surface area (Å²) in [5.41, 5.74) is 7.41. The van der Waals surface area contributed by atoms with E-state index in [1.165, 1.54) is 12.1 Å². The fraction of sp³-hybridized carbons (Fsp3) is 0.250. The molecule has 1 heterocycles. The van der Waals surface area contributed by atoms with E-state index in [0.29, 0.717) is 11.5 Å². The molecule has 3 nitrogen and oxygen atoms in total. The summed E-state index contributed by atoms with van der Waals surface area (Å²) in [6.07, 6.45) is 0. The molecule has 0 aliphatic carbocycles. The van der Waals surface area contributed by atoms with E-state index in [4.69, 9.17) is 17.3 Å². The van der Waals surface area contributed by atoms with Crippen LogP contribution in [0.2, 0.25) is 5.02 Å². The van der Waals surface area contributed by atoms with Crippen molar-refractivity contribution in [2.24, 2.45) is 0 Å². The van der Waals surface area contributed by atoms with Crippen LogP contribution < -0.4 is 5.73 Å². The highest BCUT2D eigenvalue weighted by molar-refractivity contribution is 6.30. The van der Waals surface area contributed by atoms with Crippen molar-refractivity contribution in [3.8, 4) is 5.69 Å². The van der Waals surface area contributed by atoms with Crippen LogP contribution in [-0.2, 0) is 0 Å². The van der Waals surface area contributed by atoms with Gasteiger partial charge in [-0.1, -0.05) is 25.4 Å². The minimum Gasteiger partial charge on any atom is -0.384 e. The van der Waals surface area contributed by atoms with E-state index >= 15 is 0 Å². The molecule has 0 saturated heterocycles. The minimum absolute atomic E-state index is 0.0588. The molecule has 0 amide bonds. The Morgan fingerprint density at radius 1 is 1.35 bits per heavy atom. The van der Waals surface area contributed by atoms with Crippen LogP contribution in [0.15, 0.2) is 24.3 Å². The Morgan fingerprint density at radius 3 is 2.59 bits per heavy atom. The third kappa shape index (κ3) is 2.26. The van der Waals surface area contributed by atoms with Gasteiger partial charge in [-0.2, -0.15) is 5.10 Å². The molecule has 17 heavy (non-hydrogen) atoms. The topological polar surface area (TPSA) is 43.8 Å². The number of benzene rings is 1. The van der Waals surface area contributed by atoms with E-state index in [-0.39, 0.29) is 10.9 Å². The van der Waals surface area contributed by atoms with Gasteiger partial charge in [0.2, 0.25) is 0 Å². The quantitative estimate of drug-likeness (QED) is 0.892. The molecule has 0 saturated carbocycles. The zero-order valence-electron chi connectivity index (χ0n) is 9.61. The average Bonchev–Trinajstić information content (AvgIpc) is 2.65. The predicted molar refractivity (Wildman–Crippen MR) is 67.0 cm³/mol. The van der Waals surface area contributed by atoms with Gasteiger partial charge in [-0.25, -0.2) is 9.07 Å². The van der Waals surface area contributed by atoms with Crippen LogP contribution in [0, 0.1) is 5.82 Å². The van der Waals surface area contributed by atoms with Crippen molar-refractivity contribution in [3.05, 3.63) is 40.8 Å². The molecule has 1 aromatic heterocycles. The zero-order chi connectivity index (χ0) is 12.6. The van der Waals surface area contributed by atoms with Crippen molar-refractivity contribution in [2.75, 3.05) is 5.73 Å². The normalized spacial score (nSPS) is 11.1. The highest BCUT2D eigenvalue weighted by Crippen LogP contribution is 2.23. The second-order valence-corrected chi connectivity index (χ2v) is 4.57. The molecule has 0 aliphatic heterocycles. The van der Waals surface area contributed by atoms with Gasteiger partial charge in [-0.05, 0) is 24.1 Å². The smallest absolute Gasteiger partial charge is 0.141 e. The number of hydrogen-bond donors (Lipinski definition) is 1. The lowest BCUT2D eigenvalue weighted by Crippen LogP contribution is -2.02. The number of rotatable bonds is 2. The summed E-state index contributed by atoms with van der Waals surface area (Å²) in [5, 5.41) is 4.42. The lowest BCUT2D eigenvalue weighted by Gasteiger charge is -2.05. The molecule has 2 aromatic rings. The Labute approximate surface area is 104 Å². The number of nitrogen functional groups attached to an aromatic ring is 1. The molecule has 90 valence electrons. The van der Waals surface area contributed by atoms with Gasteiger partial charge in [0.05, 0.1) is 16.4 Å². The molecule has 0 bridgehead atoms. The van der Waals surface area contributed by atoms with E-state index in [1.807, 2.05) is 19.9 Å². The lowest BCUT2D eigenvalue weighted by molar-refractivity contribution is 0.627. The monoisotopic (exact) mass is 253 g/mol. The van der Waals surface area contributed by atoms with Crippen LogP contribution in [0.5, 0.6) is 0 Å². The van der Waals surface area contributed by atoms with E-state index < -0.39 is 5.82 Å². The van der Waals surface area contributed by atoms with Crippen LogP contribution in [-0.4, -0.2) is 9.78 Å². The van der Waals surface area contributed by atoms with E-state index in [2.05, 4.69) is 5.10 Å². The molecule has 0 radical (unpaired) electrons. The van der Waals surface area contributed by atoms with Gasteiger partial charge < -0.3 is 5.73 Å². The van der Waals surface area contributed by atoms with Crippen LogP contribution in [0.25, 0.3) is 5.69 Å². The van der Waals surface area contributed by atoms with Crippen molar-refractivity contribution in [1.29, 1.82) is 0 Å². The number of nitrogens with two attached hydrogens (primary N) is 1. The molecule has 0 unspecified atom stereocenters. The summed E-state index contributed by atoms with van der Waals surface area (Å²) in [7, 11) is 0. The van der Waals surface area contributed by atoms with E-state index in [1.54, 1.807) is 10.7 Å². The van der Waals surface area contributed by atoms with Crippen molar-refractivity contribution in [1.82, 2.24) is 9.78 Å². The maximum atomic E-state index is 13.1. The maximum Gasteiger partial charge on any atom is 0.141 e. The first-order valence-electron chi connectivity index (χ1n) is 5.30. The van der Waals surface area contributed by atoms with Crippen LogP contribution in [0.1, 0.15) is 25.5 Å². The fourth-order valence-corrected chi connectivity index (χ4v) is 1.70. The average molecular weight is 254 g/mol.